The Morgan fingerprint density at radius 2 is 2.10 bits per heavy atom. The number of ether oxygens (including phenoxy) is 1. The molecule has 0 radical (unpaired) electrons. The van der Waals surface area contributed by atoms with Crippen LogP contribution < -0.4 is 4.74 Å². The van der Waals surface area contributed by atoms with Gasteiger partial charge >= 0.3 is 5.97 Å². The molecule has 0 aliphatic rings. The zero-order valence-electron chi connectivity index (χ0n) is 11.1. The number of benzene rings is 1. The number of carboxylic acids is 1. The molecule has 0 unspecified atom stereocenters. The summed E-state index contributed by atoms with van der Waals surface area (Å²) in [6.45, 7) is 1.84. The third-order valence-electron chi connectivity index (χ3n) is 2.98. The van der Waals surface area contributed by atoms with E-state index in [1.54, 1.807) is 13.1 Å². The Hall–Kier alpha value is -2.02. The van der Waals surface area contributed by atoms with Crippen molar-refractivity contribution in [2.24, 2.45) is 7.05 Å². The third-order valence-corrected chi connectivity index (χ3v) is 3.75. The van der Waals surface area contributed by atoms with E-state index in [1.165, 1.54) is 17.9 Å². The van der Waals surface area contributed by atoms with Crippen molar-refractivity contribution >= 4 is 21.9 Å². The second-order valence-corrected chi connectivity index (χ2v) is 5.07. The first-order valence-corrected chi connectivity index (χ1v) is 6.49. The Labute approximate surface area is 123 Å². The zero-order valence-corrected chi connectivity index (χ0v) is 12.7. The molecule has 0 amide bonds. The van der Waals surface area contributed by atoms with Crippen molar-refractivity contribution in [3.8, 4) is 22.8 Å². The molecular weight excluding hydrogens is 328 g/mol. The van der Waals surface area contributed by atoms with Gasteiger partial charge in [-0.15, -0.1) is 0 Å². The molecule has 2 N–H and O–H groups in total. The van der Waals surface area contributed by atoms with Gasteiger partial charge in [-0.2, -0.15) is 5.10 Å². The minimum absolute atomic E-state index is 0.0359. The van der Waals surface area contributed by atoms with Crippen LogP contribution in [0.2, 0.25) is 0 Å². The molecular formula is C13H13BrN2O4. The summed E-state index contributed by atoms with van der Waals surface area (Å²) in [5, 5.41) is 23.0. The van der Waals surface area contributed by atoms with E-state index >= 15 is 0 Å². The van der Waals surface area contributed by atoms with Crippen molar-refractivity contribution in [2.75, 3.05) is 7.11 Å². The predicted octanol–water partition coefficient (Wildman–Crippen LogP) is 2.57. The lowest BCUT2D eigenvalue weighted by atomic mass is 10.0. The fraction of sp³-hybridized carbons (Fsp3) is 0.231. The van der Waals surface area contributed by atoms with E-state index in [-0.39, 0.29) is 11.4 Å². The fourth-order valence-electron chi connectivity index (χ4n) is 2.01. The number of hydrogen-bond donors (Lipinski definition) is 2. The molecule has 0 saturated heterocycles. The summed E-state index contributed by atoms with van der Waals surface area (Å²) in [7, 11) is 3.11. The van der Waals surface area contributed by atoms with E-state index < -0.39 is 5.97 Å². The second kappa shape index (κ2) is 5.16. The summed E-state index contributed by atoms with van der Waals surface area (Å²) >= 11 is 3.32. The third kappa shape index (κ3) is 2.24. The largest absolute Gasteiger partial charge is 0.503 e. The molecule has 0 saturated carbocycles. The highest BCUT2D eigenvalue weighted by molar-refractivity contribution is 9.10. The molecule has 7 heteroatoms. The molecule has 1 aromatic heterocycles. The van der Waals surface area contributed by atoms with E-state index in [0.29, 0.717) is 21.5 Å². The molecule has 0 aliphatic carbocycles. The number of aromatic hydroxyl groups is 1. The van der Waals surface area contributed by atoms with Gasteiger partial charge in [0, 0.05) is 12.6 Å². The molecule has 20 heavy (non-hydrogen) atoms. The van der Waals surface area contributed by atoms with Crippen LogP contribution in [-0.2, 0) is 7.05 Å². The highest BCUT2D eigenvalue weighted by Gasteiger charge is 2.20. The number of carboxylic acid groups (broad SMARTS) is 1. The summed E-state index contributed by atoms with van der Waals surface area (Å²) in [5.41, 5.74) is 2.03. The van der Waals surface area contributed by atoms with Crippen molar-refractivity contribution in [1.82, 2.24) is 9.78 Å². The summed E-state index contributed by atoms with van der Waals surface area (Å²) in [5.74, 6) is -0.789. The molecule has 0 atom stereocenters. The monoisotopic (exact) mass is 340 g/mol. The Bertz CT molecular complexity index is 694. The second-order valence-electron chi connectivity index (χ2n) is 4.28. The van der Waals surface area contributed by atoms with Gasteiger partial charge in [0.05, 0.1) is 17.3 Å². The van der Waals surface area contributed by atoms with Gasteiger partial charge in [-0.05, 0) is 40.5 Å². The van der Waals surface area contributed by atoms with Crippen molar-refractivity contribution in [1.29, 1.82) is 0 Å². The van der Waals surface area contributed by atoms with Gasteiger partial charge in [0.25, 0.3) is 0 Å². The average molecular weight is 341 g/mol. The number of rotatable bonds is 3. The number of carbonyl (C=O) groups is 1. The van der Waals surface area contributed by atoms with Crippen LogP contribution in [0.3, 0.4) is 0 Å². The van der Waals surface area contributed by atoms with Gasteiger partial charge in [0.15, 0.2) is 17.2 Å². The lowest BCUT2D eigenvalue weighted by Gasteiger charge is -2.13. The smallest absolute Gasteiger partial charge is 0.356 e. The van der Waals surface area contributed by atoms with E-state index in [0.717, 1.165) is 5.56 Å². The van der Waals surface area contributed by atoms with E-state index in [1.807, 2.05) is 6.92 Å². The maximum Gasteiger partial charge on any atom is 0.356 e. The van der Waals surface area contributed by atoms with Crippen LogP contribution >= 0.6 is 15.9 Å². The topological polar surface area (TPSA) is 84.6 Å². The van der Waals surface area contributed by atoms with Crippen LogP contribution in [0.1, 0.15) is 16.1 Å². The Morgan fingerprint density at radius 3 is 2.60 bits per heavy atom. The quantitative estimate of drug-likeness (QED) is 0.896. The number of aryl methyl sites for hydroxylation is 2. The highest BCUT2D eigenvalue weighted by Crippen LogP contribution is 2.43. The fourth-order valence-corrected chi connectivity index (χ4v) is 2.72. The summed E-state index contributed by atoms with van der Waals surface area (Å²) in [6.07, 6.45) is 0. The first-order valence-electron chi connectivity index (χ1n) is 5.70. The minimum atomic E-state index is -1.10. The standard InChI is InChI=1S/C13H13BrN2O4/c1-6-4-9(20-3)12(17)11(14)10(6)8-5-7(13(18)19)15-16(8)2/h4-5,17H,1-3H3,(H,18,19). The van der Waals surface area contributed by atoms with Crippen molar-refractivity contribution in [3.63, 3.8) is 0 Å². The van der Waals surface area contributed by atoms with E-state index in [4.69, 9.17) is 9.84 Å². The summed E-state index contributed by atoms with van der Waals surface area (Å²) < 4.78 is 6.97. The first kappa shape index (κ1) is 14.4. The molecule has 2 rings (SSSR count). The number of hydrogen-bond acceptors (Lipinski definition) is 4. The van der Waals surface area contributed by atoms with Crippen LogP contribution in [-0.4, -0.2) is 33.1 Å². The minimum Gasteiger partial charge on any atom is -0.503 e. The molecule has 6 nitrogen and oxygen atoms in total. The normalized spacial score (nSPS) is 10.6. The molecule has 2 aromatic rings. The number of phenolic OH excluding ortho intramolecular Hbond substituents is 1. The maximum atomic E-state index is 11.0. The lowest BCUT2D eigenvalue weighted by molar-refractivity contribution is 0.0689. The predicted molar refractivity (Wildman–Crippen MR) is 76.3 cm³/mol. The zero-order chi connectivity index (χ0) is 15.0. The number of phenols is 1. The van der Waals surface area contributed by atoms with Crippen LogP contribution in [0.5, 0.6) is 11.5 Å². The Morgan fingerprint density at radius 1 is 1.45 bits per heavy atom. The number of nitrogens with zero attached hydrogens (tertiary/aromatic N) is 2. The number of aromatic carboxylic acids is 1. The highest BCUT2D eigenvalue weighted by atomic mass is 79.9. The molecule has 0 aliphatic heterocycles. The van der Waals surface area contributed by atoms with Gasteiger partial charge in [-0.1, -0.05) is 0 Å². The van der Waals surface area contributed by atoms with Crippen LogP contribution in [0.4, 0.5) is 0 Å². The number of halogens is 1. The van der Waals surface area contributed by atoms with E-state index in [9.17, 15) is 9.90 Å². The van der Waals surface area contributed by atoms with Gasteiger partial charge in [-0.3, -0.25) is 4.68 Å². The molecule has 0 bridgehead atoms. The van der Waals surface area contributed by atoms with Crippen molar-refractivity contribution < 1.29 is 19.7 Å². The molecule has 1 aromatic carbocycles. The SMILES string of the molecule is COc1cc(C)c(-c2cc(C(=O)O)nn2C)c(Br)c1O. The van der Waals surface area contributed by atoms with Gasteiger partial charge in [0.1, 0.15) is 0 Å². The molecule has 0 fully saturated rings. The van der Waals surface area contributed by atoms with Crippen molar-refractivity contribution in [2.45, 2.75) is 6.92 Å². The van der Waals surface area contributed by atoms with Gasteiger partial charge in [0.2, 0.25) is 0 Å². The maximum absolute atomic E-state index is 11.0. The average Bonchev–Trinajstić information content (AvgIpc) is 2.76. The van der Waals surface area contributed by atoms with E-state index in [2.05, 4.69) is 21.0 Å². The first-order chi connectivity index (χ1) is 9.36. The van der Waals surface area contributed by atoms with Gasteiger partial charge in [-0.25, -0.2) is 4.79 Å². The summed E-state index contributed by atoms with van der Waals surface area (Å²) in [6, 6.07) is 3.14. The molecule has 106 valence electrons. The molecule has 0 spiro atoms. The van der Waals surface area contributed by atoms with Crippen LogP contribution in [0.15, 0.2) is 16.6 Å². The number of aromatic nitrogens is 2. The molecule has 1 heterocycles. The van der Waals surface area contributed by atoms with Crippen molar-refractivity contribution in [3.05, 3.63) is 27.9 Å². The Kier molecular flexibility index (Phi) is 3.71. The van der Waals surface area contributed by atoms with Crippen LogP contribution in [0, 0.1) is 6.92 Å². The van der Waals surface area contributed by atoms with Gasteiger partial charge < -0.3 is 14.9 Å². The Balaban J connectivity index is 2.70. The number of methoxy groups -OCH3 is 1. The summed E-state index contributed by atoms with van der Waals surface area (Å²) in [4.78, 5) is 11.0. The lowest BCUT2D eigenvalue weighted by Crippen LogP contribution is -2.00. The van der Waals surface area contributed by atoms with Crippen LogP contribution in [0.25, 0.3) is 11.3 Å².